The third kappa shape index (κ3) is 3.97. The van der Waals surface area contributed by atoms with E-state index in [0.29, 0.717) is 10.8 Å². The van der Waals surface area contributed by atoms with Crippen molar-refractivity contribution in [3.8, 4) is 11.4 Å². The van der Waals surface area contributed by atoms with Crippen LogP contribution in [0, 0.1) is 0 Å². The maximum absolute atomic E-state index is 11.7. The predicted molar refractivity (Wildman–Crippen MR) is 116 cm³/mol. The monoisotopic (exact) mass is 438 g/mol. The Morgan fingerprint density at radius 3 is 2.55 bits per heavy atom. The zero-order valence-corrected chi connectivity index (χ0v) is 17.7. The van der Waals surface area contributed by atoms with Gasteiger partial charge in [-0.25, -0.2) is 4.79 Å². The molecule has 1 fully saturated rings. The molecule has 31 heavy (non-hydrogen) atoms. The van der Waals surface area contributed by atoms with Crippen molar-refractivity contribution in [3.63, 3.8) is 0 Å². The molecule has 2 aromatic carbocycles. The number of halogens is 1. The largest absolute Gasteiger partial charge is 0.490 e. The number of hydrogen-bond donors (Lipinski definition) is 1. The zero-order chi connectivity index (χ0) is 21.4. The average Bonchev–Trinajstić information content (AvgIpc) is 3.10. The number of amides is 1. The number of aromatic nitrogens is 3. The Balaban J connectivity index is 1.41. The molecular formula is C23H23ClN4O3. The molecule has 0 unspecified atom stereocenters. The molecular weight excluding hydrogens is 416 g/mol. The SMILES string of the molecule is O=C(O)N1Cc2cc(Cl)ccc2-n2c(nnc2C2CCC(Oc3ccccc3)CC2)C1. The lowest BCUT2D eigenvalue weighted by atomic mass is 9.86. The first-order chi connectivity index (χ1) is 15.1. The van der Waals surface area contributed by atoms with Crippen LogP contribution >= 0.6 is 11.6 Å². The normalized spacial score (nSPS) is 20.5. The minimum atomic E-state index is -0.984. The number of benzene rings is 2. The van der Waals surface area contributed by atoms with Gasteiger partial charge in [0.05, 0.1) is 24.9 Å². The van der Waals surface area contributed by atoms with Crippen LogP contribution in [0.2, 0.25) is 5.02 Å². The summed E-state index contributed by atoms with van der Waals surface area (Å²) in [6.45, 7) is 0.465. The van der Waals surface area contributed by atoms with Gasteiger partial charge in [-0.2, -0.15) is 0 Å². The minimum absolute atomic E-state index is 0.193. The zero-order valence-electron chi connectivity index (χ0n) is 16.9. The van der Waals surface area contributed by atoms with Crippen LogP contribution in [-0.2, 0) is 13.1 Å². The molecule has 1 saturated carbocycles. The van der Waals surface area contributed by atoms with Crippen LogP contribution in [0.1, 0.15) is 48.8 Å². The molecule has 1 N–H and O–H groups in total. The number of fused-ring (bicyclic) bond motifs is 3. The summed E-state index contributed by atoms with van der Waals surface area (Å²) in [7, 11) is 0. The van der Waals surface area contributed by atoms with Gasteiger partial charge in [-0.05, 0) is 61.6 Å². The van der Waals surface area contributed by atoms with Crippen molar-refractivity contribution in [2.45, 2.75) is 50.8 Å². The Bertz CT molecular complexity index is 1090. The first kappa shape index (κ1) is 19.9. The van der Waals surface area contributed by atoms with Crippen molar-refractivity contribution in [3.05, 3.63) is 70.8 Å². The lowest BCUT2D eigenvalue weighted by Crippen LogP contribution is -2.28. The maximum atomic E-state index is 11.7. The van der Waals surface area contributed by atoms with Crippen LogP contribution < -0.4 is 4.74 Å². The second kappa shape index (κ2) is 8.23. The van der Waals surface area contributed by atoms with E-state index >= 15 is 0 Å². The molecule has 160 valence electrons. The molecule has 8 heteroatoms. The number of hydrogen-bond acceptors (Lipinski definition) is 4. The van der Waals surface area contributed by atoms with E-state index in [9.17, 15) is 9.90 Å². The fourth-order valence-electron chi connectivity index (χ4n) is 4.56. The van der Waals surface area contributed by atoms with Crippen molar-refractivity contribution in [2.24, 2.45) is 0 Å². The Hall–Kier alpha value is -3.06. The summed E-state index contributed by atoms with van der Waals surface area (Å²) in [6.07, 6.45) is 2.98. The molecule has 0 atom stereocenters. The molecule has 5 rings (SSSR count). The highest BCUT2D eigenvalue weighted by Gasteiger charge is 2.32. The van der Waals surface area contributed by atoms with Crippen LogP contribution in [0.4, 0.5) is 4.79 Å². The summed E-state index contributed by atoms with van der Waals surface area (Å²) in [5.74, 6) is 2.68. The predicted octanol–water partition coefficient (Wildman–Crippen LogP) is 5.02. The van der Waals surface area contributed by atoms with E-state index in [-0.39, 0.29) is 25.1 Å². The molecule has 1 amide bonds. The molecule has 2 aliphatic rings. The van der Waals surface area contributed by atoms with Gasteiger partial charge >= 0.3 is 6.09 Å². The molecule has 2 heterocycles. The number of carbonyl (C=O) groups is 1. The Morgan fingerprint density at radius 2 is 1.81 bits per heavy atom. The summed E-state index contributed by atoms with van der Waals surface area (Å²) >= 11 is 6.21. The van der Waals surface area contributed by atoms with Crippen LogP contribution in [0.5, 0.6) is 5.75 Å². The Kier molecular flexibility index (Phi) is 5.28. The minimum Gasteiger partial charge on any atom is -0.490 e. The number of nitrogens with zero attached hydrogens (tertiary/aromatic N) is 4. The van der Waals surface area contributed by atoms with E-state index in [1.54, 1.807) is 0 Å². The molecule has 0 saturated heterocycles. The van der Waals surface area contributed by atoms with Gasteiger partial charge in [0.25, 0.3) is 0 Å². The van der Waals surface area contributed by atoms with E-state index in [2.05, 4.69) is 10.2 Å². The second-order valence-corrected chi connectivity index (χ2v) is 8.56. The highest BCUT2D eigenvalue weighted by Crippen LogP contribution is 2.37. The van der Waals surface area contributed by atoms with Crippen molar-refractivity contribution in [1.29, 1.82) is 0 Å². The van der Waals surface area contributed by atoms with E-state index in [0.717, 1.165) is 48.5 Å². The van der Waals surface area contributed by atoms with E-state index < -0.39 is 6.09 Å². The van der Waals surface area contributed by atoms with E-state index in [1.807, 2.05) is 53.1 Å². The van der Waals surface area contributed by atoms with Gasteiger partial charge in [0.2, 0.25) is 0 Å². The van der Waals surface area contributed by atoms with E-state index in [4.69, 9.17) is 16.3 Å². The summed E-state index contributed by atoms with van der Waals surface area (Å²) < 4.78 is 8.17. The van der Waals surface area contributed by atoms with Crippen LogP contribution in [0.15, 0.2) is 48.5 Å². The van der Waals surface area contributed by atoms with Crippen molar-refractivity contribution < 1.29 is 14.6 Å². The van der Waals surface area contributed by atoms with Crippen LogP contribution in [-0.4, -0.2) is 37.0 Å². The average molecular weight is 439 g/mol. The fourth-order valence-corrected chi connectivity index (χ4v) is 4.75. The Morgan fingerprint density at radius 1 is 1.03 bits per heavy atom. The molecule has 1 aromatic heterocycles. The fraction of sp³-hybridized carbons (Fsp3) is 0.348. The van der Waals surface area contributed by atoms with Gasteiger partial charge in [-0.15, -0.1) is 10.2 Å². The quantitative estimate of drug-likeness (QED) is 0.621. The first-order valence-corrected chi connectivity index (χ1v) is 10.9. The Labute approximate surface area is 185 Å². The number of para-hydroxylation sites is 1. The number of carboxylic acid groups (broad SMARTS) is 1. The summed E-state index contributed by atoms with van der Waals surface area (Å²) in [6, 6.07) is 15.5. The molecule has 0 bridgehead atoms. The molecule has 7 nitrogen and oxygen atoms in total. The summed E-state index contributed by atoms with van der Waals surface area (Å²) in [5.41, 5.74) is 1.77. The van der Waals surface area contributed by atoms with Crippen LogP contribution in [0.25, 0.3) is 5.69 Å². The maximum Gasteiger partial charge on any atom is 0.408 e. The van der Waals surface area contributed by atoms with E-state index in [1.165, 1.54) is 4.90 Å². The lowest BCUT2D eigenvalue weighted by molar-refractivity contribution is 0.138. The number of rotatable bonds is 3. The highest BCUT2D eigenvalue weighted by atomic mass is 35.5. The van der Waals surface area contributed by atoms with Gasteiger partial charge in [0, 0.05) is 10.9 Å². The summed E-state index contributed by atoms with van der Waals surface area (Å²) in [5, 5.41) is 19.1. The number of ether oxygens (including phenoxy) is 1. The van der Waals surface area contributed by atoms with Crippen molar-refractivity contribution in [1.82, 2.24) is 19.7 Å². The topological polar surface area (TPSA) is 80.5 Å². The van der Waals surface area contributed by atoms with Gasteiger partial charge in [0.15, 0.2) is 5.82 Å². The third-order valence-electron chi connectivity index (χ3n) is 6.09. The van der Waals surface area contributed by atoms with Gasteiger partial charge in [-0.1, -0.05) is 29.8 Å². The third-order valence-corrected chi connectivity index (χ3v) is 6.32. The lowest BCUT2D eigenvalue weighted by Gasteiger charge is -2.29. The highest BCUT2D eigenvalue weighted by molar-refractivity contribution is 6.30. The molecule has 0 spiro atoms. The van der Waals surface area contributed by atoms with Gasteiger partial charge < -0.3 is 9.84 Å². The van der Waals surface area contributed by atoms with Crippen molar-refractivity contribution in [2.75, 3.05) is 0 Å². The molecule has 1 aliphatic heterocycles. The van der Waals surface area contributed by atoms with Crippen LogP contribution in [0.3, 0.4) is 0 Å². The molecule has 0 radical (unpaired) electrons. The van der Waals surface area contributed by atoms with Gasteiger partial charge in [0.1, 0.15) is 11.6 Å². The molecule has 3 aromatic rings. The van der Waals surface area contributed by atoms with Crippen molar-refractivity contribution >= 4 is 17.7 Å². The summed E-state index contributed by atoms with van der Waals surface area (Å²) in [4.78, 5) is 13.1. The first-order valence-electron chi connectivity index (χ1n) is 10.5. The molecule has 1 aliphatic carbocycles. The standard InChI is InChI=1S/C23H23ClN4O3/c24-17-8-11-20-16(12-17)13-27(23(29)30)14-21-25-26-22(28(20)21)15-6-9-19(10-7-15)31-18-4-2-1-3-5-18/h1-5,8,11-12,15,19H,6-7,9-10,13-14H2,(H,29,30). The van der Waals surface area contributed by atoms with Gasteiger partial charge in [-0.3, -0.25) is 9.47 Å². The second-order valence-electron chi connectivity index (χ2n) is 8.13. The smallest absolute Gasteiger partial charge is 0.408 e.